The van der Waals surface area contributed by atoms with E-state index in [2.05, 4.69) is 30.7 Å². The fourth-order valence-corrected chi connectivity index (χ4v) is 3.99. The van der Waals surface area contributed by atoms with Crippen LogP contribution in [0.25, 0.3) is 0 Å². The van der Waals surface area contributed by atoms with Gasteiger partial charge in [-0.2, -0.15) is 0 Å². The van der Waals surface area contributed by atoms with Crippen molar-refractivity contribution in [2.45, 2.75) is 71.0 Å². The summed E-state index contributed by atoms with van der Waals surface area (Å²) in [4.78, 5) is 0. The van der Waals surface area contributed by atoms with Gasteiger partial charge in [0.05, 0.1) is 24.4 Å². The molecule has 0 spiro atoms. The van der Waals surface area contributed by atoms with Gasteiger partial charge in [-0.3, -0.25) is 0 Å². The molecular weight excluding hydrogens is 365 g/mol. The number of nitrogen functional groups attached to an aromatic ring is 1. The van der Waals surface area contributed by atoms with Crippen LogP contribution in [0.3, 0.4) is 0 Å². The summed E-state index contributed by atoms with van der Waals surface area (Å²) >= 11 is 3.68. The summed E-state index contributed by atoms with van der Waals surface area (Å²) in [6.07, 6.45) is 13.0. The Morgan fingerprint density at radius 3 is 1.88 bits per heavy atom. The van der Waals surface area contributed by atoms with Crippen LogP contribution < -0.4 is 15.2 Å². The number of halogens is 1. The van der Waals surface area contributed by atoms with Gasteiger partial charge in [-0.1, -0.05) is 51.3 Å². The van der Waals surface area contributed by atoms with E-state index in [0.29, 0.717) is 17.2 Å². The second-order valence-corrected chi connectivity index (χ2v) is 7.27. The van der Waals surface area contributed by atoms with Crippen molar-refractivity contribution < 1.29 is 9.47 Å². The lowest BCUT2D eigenvalue weighted by Gasteiger charge is -2.19. The molecule has 0 saturated heterocycles. The number of hydrogen-bond acceptors (Lipinski definition) is 3. The van der Waals surface area contributed by atoms with Gasteiger partial charge in [0.25, 0.3) is 0 Å². The predicted octanol–water partition coefficient (Wildman–Crippen LogP) is 5.07. The number of rotatable bonds is 12. The lowest BCUT2D eigenvalue weighted by atomic mass is 9.97. The summed E-state index contributed by atoms with van der Waals surface area (Å²) < 4.78 is 11.9. The Bertz CT molecular complexity index is 509. The second-order valence-electron chi connectivity index (χ2n) is 6.48. The first-order valence-electron chi connectivity index (χ1n) is 9.26. The summed E-state index contributed by atoms with van der Waals surface area (Å²) in [5.41, 5.74) is 9.25. The van der Waals surface area contributed by atoms with Crippen LogP contribution >= 0.6 is 15.9 Å². The Morgan fingerprint density at radius 1 is 0.875 bits per heavy atom. The molecule has 1 rings (SSSR count). The van der Waals surface area contributed by atoms with Crippen molar-refractivity contribution in [2.75, 3.05) is 20.0 Å². The third kappa shape index (κ3) is 5.91. The zero-order valence-corrected chi connectivity index (χ0v) is 17.4. The van der Waals surface area contributed by atoms with Crippen LogP contribution in [0.2, 0.25) is 6.32 Å². The van der Waals surface area contributed by atoms with Crippen molar-refractivity contribution >= 4 is 29.5 Å². The fourth-order valence-electron chi connectivity index (χ4n) is 3.15. The number of methoxy groups -OCH3 is 2. The molecule has 0 bridgehead atoms. The standard InChI is InChI=1S/C19H33BBrNO2/c1-14-15(12-10-8-6-4-5-7-9-11-13-20)16(21)18(23-2)19(24-3)17(14)22/h4-13,20,22H2,1-3H3. The fraction of sp³-hybridized carbons (Fsp3) is 0.684. The van der Waals surface area contributed by atoms with E-state index >= 15 is 0 Å². The number of ether oxygens (including phenoxy) is 2. The molecule has 0 fully saturated rings. The molecule has 1 aromatic rings. The van der Waals surface area contributed by atoms with E-state index in [1.807, 2.05) is 0 Å². The molecule has 0 atom stereocenters. The molecule has 0 aliphatic heterocycles. The van der Waals surface area contributed by atoms with Crippen molar-refractivity contribution in [3.8, 4) is 11.5 Å². The normalized spacial score (nSPS) is 10.8. The van der Waals surface area contributed by atoms with E-state index in [0.717, 1.165) is 16.5 Å². The lowest BCUT2D eigenvalue weighted by molar-refractivity contribution is 0.354. The van der Waals surface area contributed by atoms with Crippen LogP contribution in [0.4, 0.5) is 5.69 Å². The average Bonchev–Trinajstić information content (AvgIpc) is 2.58. The monoisotopic (exact) mass is 397 g/mol. The molecule has 0 heterocycles. The zero-order chi connectivity index (χ0) is 17.9. The third-order valence-electron chi connectivity index (χ3n) is 4.71. The largest absolute Gasteiger partial charge is 0.492 e. The summed E-state index contributed by atoms with van der Waals surface area (Å²) in [5, 5.41) is 0. The molecular formula is C19H33BBrNO2. The van der Waals surface area contributed by atoms with E-state index in [-0.39, 0.29) is 0 Å². The summed E-state index contributed by atoms with van der Waals surface area (Å²) in [7, 11) is 5.54. The first-order chi connectivity index (χ1) is 11.6. The molecule has 3 nitrogen and oxygen atoms in total. The van der Waals surface area contributed by atoms with E-state index < -0.39 is 0 Å². The van der Waals surface area contributed by atoms with E-state index in [4.69, 9.17) is 15.2 Å². The van der Waals surface area contributed by atoms with Gasteiger partial charge in [0, 0.05) is 0 Å². The summed E-state index contributed by atoms with van der Waals surface area (Å²) in [6, 6.07) is 0. The van der Waals surface area contributed by atoms with Crippen LogP contribution in [0.5, 0.6) is 11.5 Å². The Labute approximate surface area is 157 Å². The van der Waals surface area contributed by atoms with Gasteiger partial charge in [-0.15, -0.1) is 0 Å². The van der Waals surface area contributed by atoms with Gasteiger partial charge in [-0.05, 0) is 46.8 Å². The quantitative estimate of drug-likeness (QED) is 0.304. The molecule has 0 aliphatic rings. The summed E-state index contributed by atoms with van der Waals surface area (Å²) in [5.74, 6) is 1.32. The van der Waals surface area contributed by atoms with Gasteiger partial charge in [-0.25, -0.2) is 0 Å². The highest BCUT2D eigenvalue weighted by Gasteiger charge is 2.20. The highest BCUT2D eigenvalue weighted by molar-refractivity contribution is 9.10. The predicted molar refractivity (Wildman–Crippen MR) is 110 cm³/mol. The van der Waals surface area contributed by atoms with Crippen LogP contribution in [0.15, 0.2) is 4.47 Å². The number of nitrogens with two attached hydrogens (primary N) is 1. The van der Waals surface area contributed by atoms with Crippen molar-refractivity contribution in [3.05, 3.63) is 15.6 Å². The highest BCUT2D eigenvalue weighted by Crippen LogP contribution is 2.45. The molecule has 0 unspecified atom stereocenters. The molecule has 5 heteroatoms. The third-order valence-corrected chi connectivity index (χ3v) is 5.55. The molecule has 136 valence electrons. The molecule has 0 amide bonds. The topological polar surface area (TPSA) is 44.5 Å². The maximum atomic E-state index is 6.22. The van der Waals surface area contributed by atoms with Gasteiger partial charge in [0.2, 0.25) is 0 Å². The van der Waals surface area contributed by atoms with Crippen molar-refractivity contribution in [3.63, 3.8) is 0 Å². The average molecular weight is 398 g/mol. The first-order valence-corrected chi connectivity index (χ1v) is 10.1. The Morgan fingerprint density at radius 2 is 1.38 bits per heavy atom. The lowest BCUT2D eigenvalue weighted by Crippen LogP contribution is -2.04. The van der Waals surface area contributed by atoms with E-state index in [9.17, 15) is 0 Å². The number of unbranched alkanes of at least 4 members (excludes halogenated alkanes) is 7. The van der Waals surface area contributed by atoms with Gasteiger partial charge >= 0.3 is 0 Å². The molecule has 24 heavy (non-hydrogen) atoms. The molecule has 2 N–H and O–H groups in total. The van der Waals surface area contributed by atoms with Crippen molar-refractivity contribution in [1.82, 2.24) is 0 Å². The van der Waals surface area contributed by atoms with Crippen LogP contribution in [-0.4, -0.2) is 22.1 Å². The maximum Gasteiger partial charge on any atom is 0.185 e. The molecule has 0 saturated carbocycles. The van der Waals surface area contributed by atoms with Crippen molar-refractivity contribution in [2.24, 2.45) is 0 Å². The van der Waals surface area contributed by atoms with Crippen LogP contribution in [-0.2, 0) is 6.42 Å². The minimum atomic E-state index is 0.623. The van der Waals surface area contributed by atoms with Gasteiger partial charge < -0.3 is 15.2 Å². The van der Waals surface area contributed by atoms with E-state index in [1.54, 1.807) is 14.2 Å². The second kappa shape index (κ2) is 11.7. The van der Waals surface area contributed by atoms with Crippen LogP contribution in [0.1, 0.15) is 62.5 Å². The van der Waals surface area contributed by atoms with Gasteiger partial charge in [0.15, 0.2) is 11.5 Å². The Kier molecular flexibility index (Phi) is 10.3. The molecule has 0 aromatic heterocycles. The first kappa shape index (κ1) is 21.2. The van der Waals surface area contributed by atoms with Gasteiger partial charge in [0.1, 0.15) is 7.85 Å². The summed E-state index contributed by atoms with van der Waals surface area (Å²) in [6.45, 7) is 2.06. The number of hydrogen-bond donors (Lipinski definition) is 1. The zero-order valence-electron chi connectivity index (χ0n) is 15.8. The van der Waals surface area contributed by atoms with E-state index in [1.165, 1.54) is 63.3 Å². The number of anilines is 1. The highest BCUT2D eigenvalue weighted by atomic mass is 79.9. The minimum Gasteiger partial charge on any atom is -0.492 e. The van der Waals surface area contributed by atoms with Crippen LogP contribution in [0, 0.1) is 6.92 Å². The smallest absolute Gasteiger partial charge is 0.185 e. The molecule has 0 aliphatic carbocycles. The maximum absolute atomic E-state index is 6.22. The SMILES string of the molecule is BCCCCCCCCCCc1c(C)c(N)c(OC)c(OC)c1Br. The number of benzene rings is 1. The molecule has 1 aromatic carbocycles. The molecule has 0 radical (unpaired) electrons. The Balaban J connectivity index is 2.50. The Hall–Kier alpha value is -0.835. The minimum absolute atomic E-state index is 0.623. The van der Waals surface area contributed by atoms with Crippen molar-refractivity contribution in [1.29, 1.82) is 0 Å².